The summed E-state index contributed by atoms with van der Waals surface area (Å²) in [6, 6.07) is 11.1. The van der Waals surface area contributed by atoms with Gasteiger partial charge in [0.1, 0.15) is 0 Å². The largest absolute Gasteiger partial charge is 0.388 e. The van der Waals surface area contributed by atoms with Crippen LogP contribution in [0, 0.1) is 13.8 Å². The van der Waals surface area contributed by atoms with Gasteiger partial charge < -0.3 is 15.5 Å². The van der Waals surface area contributed by atoms with Crippen LogP contribution in [0.2, 0.25) is 0 Å². The molecule has 2 aromatic rings. The van der Waals surface area contributed by atoms with Gasteiger partial charge in [-0.05, 0) is 50.5 Å². The standard InChI is InChI=1S/C19H27N5/c1-14-6-8-18(20-3)16(11-14)12-21-17-5-4-10-24(13-17)19-9-7-15(2)22-23-19/h6-9,11,17,20-21H,4-5,10,12-13H2,1-3H3. The summed E-state index contributed by atoms with van der Waals surface area (Å²) >= 11 is 0. The minimum Gasteiger partial charge on any atom is -0.388 e. The molecule has 0 aliphatic carbocycles. The summed E-state index contributed by atoms with van der Waals surface area (Å²) in [6.07, 6.45) is 2.39. The van der Waals surface area contributed by atoms with E-state index in [0.29, 0.717) is 6.04 Å². The van der Waals surface area contributed by atoms with E-state index in [1.54, 1.807) is 0 Å². The number of nitrogens with zero attached hydrogens (tertiary/aromatic N) is 3. The normalized spacial score (nSPS) is 17.8. The number of benzene rings is 1. The third-order valence-corrected chi connectivity index (χ3v) is 4.64. The number of hydrogen-bond donors (Lipinski definition) is 2. The molecule has 1 unspecified atom stereocenters. The molecule has 1 fully saturated rings. The third kappa shape index (κ3) is 4.03. The minimum atomic E-state index is 0.479. The molecule has 5 heteroatoms. The van der Waals surface area contributed by atoms with Crippen LogP contribution in [-0.4, -0.2) is 36.4 Å². The Morgan fingerprint density at radius 1 is 1.17 bits per heavy atom. The first-order valence-corrected chi connectivity index (χ1v) is 8.71. The number of nitrogens with one attached hydrogen (secondary N) is 2. The average molecular weight is 325 g/mol. The molecule has 0 amide bonds. The van der Waals surface area contributed by atoms with Crippen molar-refractivity contribution in [2.45, 2.75) is 39.3 Å². The van der Waals surface area contributed by atoms with E-state index in [1.165, 1.54) is 29.7 Å². The van der Waals surface area contributed by atoms with E-state index in [2.05, 4.69) is 56.9 Å². The smallest absolute Gasteiger partial charge is 0.151 e. The van der Waals surface area contributed by atoms with Crippen LogP contribution in [-0.2, 0) is 6.54 Å². The zero-order valence-electron chi connectivity index (χ0n) is 14.8. The maximum absolute atomic E-state index is 4.33. The van der Waals surface area contributed by atoms with Crippen molar-refractivity contribution in [3.05, 3.63) is 47.2 Å². The Bertz CT molecular complexity index is 668. The highest BCUT2D eigenvalue weighted by Gasteiger charge is 2.21. The van der Waals surface area contributed by atoms with E-state index in [4.69, 9.17) is 0 Å². The molecule has 0 radical (unpaired) electrons. The first-order chi connectivity index (χ1) is 11.7. The molecule has 1 aliphatic heterocycles. The summed E-state index contributed by atoms with van der Waals surface area (Å²) in [7, 11) is 1.98. The summed E-state index contributed by atoms with van der Waals surface area (Å²) in [6.45, 7) is 7.04. The summed E-state index contributed by atoms with van der Waals surface area (Å²) in [5.74, 6) is 0.985. The minimum absolute atomic E-state index is 0.479. The Hall–Kier alpha value is -2.14. The molecule has 0 bridgehead atoms. The molecular weight excluding hydrogens is 298 g/mol. The SMILES string of the molecule is CNc1ccc(C)cc1CNC1CCCN(c2ccc(C)nn2)C1. The van der Waals surface area contributed by atoms with Gasteiger partial charge in [-0.2, -0.15) is 5.10 Å². The molecule has 2 heterocycles. The molecule has 1 atom stereocenters. The summed E-state index contributed by atoms with van der Waals surface area (Å²) in [5, 5.41) is 15.5. The van der Waals surface area contributed by atoms with Gasteiger partial charge in [-0.15, -0.1) is 5.10 Å². The Kier molecular flexibility index (Phi) is 5.30. The van der Waals surface area contributed by atoms with Crippen LogP contribution < -0.4 is 15.5 Å². The van der Waals surface area contributed by atoms with E-state index in [0.717, 1.165) is 31.1 Å². The Balaban J connectivity index is 1.61. The fraction of sp³-hybridized carbons (Fsp3) is 0.474. The summed E-state index contributed by atoms with van der Waals surface area (Å²) < 4.78 is 0. The number of hydrogen-bond acceptors (Lipinski definition) is 5. The van der Waals surface area contributed by atoms with E-state index >= 15 is 0 Å². The van der Waals surface area contributed by atoms with Gasteiger partial charge >= 0.3 is 0 Å². The van der Waals surface area contributed by atoms with Crippen molar-refractivity contribution in [1.82, 2.24) is 15.5 Å². The average Bonchev–Trinajstić information content (AvgIpc) is 2.61. The van der Waals surface area contributed by atoms with Gasteiger partial charge in [-0.1, -0.05) is 17.7 Å². The monoisotopic (exact) mass is 325 g/mol. The molecule has 1 saturated heterocycles. The molecule has 128 valence electrons. The van der Waals surface area contributed by atoms with Crippen molar-refractivity contribution in [2.24, 2.45) is 0 Å². The lowest BCUT2D eigenvalue weighted by Crippen LogP contribution is -2.45. The van der Waals surface area contributed by atoms with Gasteiger partial charge in [0, 0.05) is 38.4 Å². The molecule has 24 heavy (non-hydrogen) atoms. The van der Waals surface area contributed by atoms with Crippen LogP contribution in [0.1, 0.15) is 29.7 Å². The number of aromatic nitrogens is 2. The first kappa shape index (κ1) is 16.7. The van der Waals surface area contributed by atoms with Crippen LogP contribution in [0.4, 0.5) is 11.5 Å². The Morgan fingerprint density at radius 3 is 2.79 bits per heavy atom. The van der Waals surface area contributed by atoms with Crippen LogP contribution in [0.5, 0.6) is 0 Å². The molecule has 1 aromatic heterocycles. The fourth-order valence-corrected chi connectivity index (χ4v) is 3.28. The second kappa shape index (κ2) is 7.62. The van der Waals surface area contributed by atoms with Crippen molar-refractivity contribution in [2.75, 3.05) is 30.4 Å². The second-order valence-electron chi connectivity index (χ2n) is 6.61. The molecule has 0 saturated carbocycles. The van der Waals surface area contributed by atoms with Crippen molar-refractivity contribution < 1.29 is 0 Å². The van der Waals surface area contributed by atoms with Gasteiger partial charge in [0.05, 0.1) is 5.69 Å². The lowest BCUT2D eigenvalue weighted by molar-refractivity contribution is 0.419. The highest BCUT2D eigenvalue weighted by atomic mass is 15.3. The lowest BCUT2D eigenvalue weighted by Gasteiger charge is -2.34. The van der Waals surface area contributed by atoms with Gasteiger partial charge in [-0.3, -0.25) is 0 Å². The molecule has 1 aliphatic rings. The zero-order valence-corrected chi connectivity index (χ0v) is 14.8. The van der Waals surface area contributed by atoms with Crippen molar-refractivity contribution >= 4 is 11.5 Å². The Labute approximate surface area is 144 Å². The van der Waals surface area contributed by atoms with Gasteiger partial charge in [0.15, 0.2) is 5.82 Å². The number of piperidine rings is 1. The molecule has 5 nitrogen and oxygen atoms in total. The summed E-state index contributed by atoms with van der Waals surface area (Å²) in [5.41, 5.74) is 4.78. The fourth-order valence-electron chi connectivity index (χ4n) is 3.28. The molecule has 2 N–H and O–H groups in total. The maximum Gasteiger partial charge on any atom is 0.151 e. The van der Waals surface area contributed by atoms with Crippen LogP contribution >= 0.6 is 0 Å². The predicted molar refractivity (Wildman–Crippen MR) is 99.6 cm³/mol. The van der Waals surface area contributed by atoms with Crippen LogP contribution in [0.15, 0.2) is 30.3 Å². The first-order valence-electron chi connectivity index (χ1n) is 8.71. The van der Waals surface area contributed by atoms with Gasteiger partial charge in [0.2, 0.25) is 0 Å². The molecular formula is C19H27N5. The quantitative estimate of drug-likeness (QED) is 0.885. The van der Waals surface area contributed by atoms with E-state index in [-0.39, 0.29) is 0 Å². The number of aryl methyl sites for hydroxylation is 2. The van der Waals surface area contributed by atoms with Crippen molar-refractivity contribution in [3.63, 3.8) is 0 Å². The van der Waals surface area contributed by atoms with E-state index < -0.39 is 0 Å². The molecule has 3 rings (SSSR count). The lowest BCUT2D eigenvalue weighted by atomic mass is 10.0. The Morgan fingerprint density at radius 2 is 2.04 bits per heavy atom. The topological polar surface area (TPSA) is 53.1 Å². The van der Waals surface area contributed by atoms with E-state index in [1.807, 2.05) is 20.0 Å². The van der Waals surface area contributed by atoms with Crippen molar-refractivity contribution in [1.29, 1.82) is 0 Å². The second-order valence-corrected chi connectivity index (χ2v) is 6.61. The maximum atomic E-state index is 4.33. The van der Waals surface area contributed by atoms with Gasteiger partial charge in [-0.25, -0.2) is 0 Å². The van der Waals surface area contributed by atoms with Gasteiger partial charge in [0.25, 0.3) is 0 Å². The highest BCUT2D eigenvalue weighted by Crippen LogP contribution is 2.20. The third-order valence-electron chi connectivity index (χ3n) is 4.64. The van der Waals surface area contributed by atoms with Crippen LogP contribution in [0.25, 0.3) is 0 Å². The molecule has 0 spiro atoms. The van der Waals surface area contributed by atoms with E-state index in [9.17, 15) is 0 Å². The zero-order chi connectivity index (χ0) is 16.9. The number of anilines is 2. The van der Waals surface area contributed by atoms with Crippen LogP contribution in [0.3, 0.4) is 0 Å². The summed E-state index contributed by atoms with van der Waals surface area (Å²) in [4.78, 5) is 2.34. The molecule has 1 aromatic carbocycles. The van der Waals surface area contributed by atoms with Crippen molar-refractivity contribution in [3.8, 4) is 0 Å². The predicted octanol–water partition coefficient (Wildman–Crippen LogP) is 2.89. The highest BCUT2D eigenvalue weighted by molar-refractivity contribution is 5.52. The number of rotatable bonds is 5.